The molecule has 1 aliphatic rings. The molecule has 176 valence electrons. The predicted octanol–water partition coefficient (Wildman–Crippen LogP) is 3.83. The van der Waals surface area contributed by atoms with Gasteiger partial charge in [-0.15, -0.1) is 0 Å². The molecule has 0 heterocycles. The Morgan fingerprint density at radius 1 is 1.00 bits per heavy atom. The lowest BCUT2D eigenvalue weighted by Gasteiger charge is -2.22. The molecule has 1 unspecified atom stereocenters. The highest BCUT2D eigenvalue weighted by atomic mass is 19.4. The maximum atomic E-state index is 13.4. The van der Waals surface area contributed by atoms with Crippen LogP contribution in [0.15, 0.2) is 48.5 Å². The van der Waals surface area contributed by atoms with E-state index in [4.69, 9.17) is 9.84 Å². The first kappa shape index (κ1) is 24.1. The van der Waals surface area contributed by atoms with Crippen LogP contribution in [-0.2, 0) is 14.3 Å². The van der Waals surface area contributed by atoms with Crippen molar-refractivity contribution >= 4 is 18.0 Å². The molecule has 0 saturated carbocycles. The van der Waals surface area contributed by atoms with Gasteiger partial charge in [-0.2, -0.15) is 13.2 Å². The molecule has 0 spiro atoms. The van der Waals surface area contributed by atoms with Crippen LogP contribution in [0.3, 0.4) is 0 Å². The molecule has 2 aromatic carbocycles. The van der Waals surface area contributed by atoms with Crippen molar-refractivity contribution < 1.29 is 37.4 Å². The molecule has 3 N–H and O–H groups in total. The lowest BCUT2D eigenvalue weighted by atomic mass is 9.98. The van der Waals surface area contributed by atoms with Gasteiger partial charge in [0.05, 0.1) is 6.42 Å². The number of amides is 2. The fourth-order valence-electron chi connectivity index (χ4n) is 3.81. The number of fused-ring (bicyclic) bond motifs is 3. The smallest absolute Gasteiger partial charge is 0.409 e. The van der Waals surface area contributed by atoms with Crippen LogP contribution in [0.1, 0.15) is 36.8 Å². The zero-order chi connectivity index (χ0) is 24.2. The summed E-state index contributed by atoms with van der Waals surface area (Å²) >= 11 is 0. The van der Waals surface area contributed by atoms with Gasteiger partial charge in [-0.25, -0.2) is 9.59 Å². The highest BCUT2D eigenvalue weighted by Crippen LogP contribution is 2.44. The topological polar surface area (TPSA) is 105 Å². The zero-order valence-corrected chi connectivity index (χ0v) is 17.7. The second-order valence-corrected chi connectivity index (χ2v) is 7.63. The number of alkyl halides is 3. The van der Waals surface area contributed by atoms with Crippen molar-refractivity contribution in [3.8, 4) is 11.1 Å². The Morgan fingerprint density at radius 2 is 1.55 bits per heavy atom. The van der Waals surface area contributed by atoms with Crippen LogP contribution < -0.4 is 10.6 Å². The monoisotopic (exact) mass is 464 g/mol. The van der Waals surface area contributed by atoms with Gasteiger partial charge >= 0.3 is 18.2 Å². The number of rotatable bonds is 8. The number of hydrogen-bond acceptors (Lipinski definition) is 4. The van der Waals surface area contributed by atoms with E-state index in [1.165, 1.54) is 6.92 Å². The summed E-state index contributed by atoms with van der Waals surface area (Å²) in [6.45, 7) is 1.28. The molecule has 0 aliphatic heterocycles. The van der Waals surface area contributed by atoms with E-state index in [2.05, 4.69) is 0 Å². The summed E-state index contributed by atoms with van der Waals surface area (Å²) in [7, 11) is 0. The van der Waals surface area contributed by atoms with Gasteiger partial charge in [0.2, 0.25) is 5.91 Å². The lowest BCUT2D eigenvalue weighted by Crippen LogP contribution is -2.50. The molecular weight excluding hydrogens is 441 g/mol. The van der Waals surface area contributed by atoms with Gasteiger partial charge in [-0.3, -0.25) is 4.79 Å². The molecule has 33 heavy (non-hydrogen) atoms. The van der Waals surface area contributed by atoms with Crippen molar-refractivity contribution in [2.24, 2.45) is 0 Å². The molecule has 0 fully saturated rings. The molecule has 1 aliphatic carbocycles. The molecule has 2 aromatic rings. The van der Waals surface area contributed by atoms with E-state index in [-0.39, 0.29) is 18.9 Å². The average Bonchev–Trinajstić information content (AvgIpc) is 3.08. The third-order valence-electron chi connectivity index (χ3n) is 5.46. The maximum Gasteiger partial charge on any atom is 0.409 e. The van der Waals surface area contributed by atoms with Gasteiger partial charge in [-0.05, 0) is 28.7 Å². The van der Waals surface area contributed by atoms with E-state index in [9.17, 15) is 27.6 Å². The van der Waals surface area contributed by atoms with Gasteiger partial charge in [-0.1, -0.05) is 55.5 Å². The number of aliphatic carboxylic acids is 1. The van der Waals surface area contributed by atoms with Gasteiger partial charge < -0.3 is 20.5 Å². The molecule has 0 saturated heterocycles. The lowest BCUT2D eigenvalue weighted by molar-refractivity contribution is -0.160. The van der Waals surface area contributed by atoms with E-state index >= 15 is 0 Å². The normalized spacial score (nSPS) is 14.5. The molecule has 2 amide bonds. The number of halogens is 3. The van der Waals surface area contributed by atoms with Crippen LogP contribution in [0.25, 0.3) is 11.1 Å². The highest BCUT2D eigenvalue weighted by molar-refractivity contribution is 5.84. The summed E-state index contributed by atoms with van der Waals surface area (Å²) in [6, 6.07) is 11.2. The SMILES string of the molecule is CC[C@@H](NC(=O)CC(NC(=O)OCC1c2ccccc2-c2ccccc21)C(F)(F)F)C(=O)O. The predicted molar refractivity (Wildman–Crippen MR) is 113 cm³/mol. The molecule has 0 bridgehead atoms. The Hall–Kier alpha value is -3.56. The van der Waals surface area contributed by atoms with Crippen molar-refractivity contribution in [3.05, 3.63) is 59.7 Å². The first-order chi connectivity index (χ1) is 15.6. The third-order valence-corrected chi connectivity index (χ3v) is 5.46. The highest BCUT2D eigenvalue weighted by Gasteiger charge is 2.43. The standard InChI is InChI=1S/C23H23F3N2O5/c1-2-18(21(30)31)27-20(29)11-19(23(24,25)26)28-22(32)33-12-17-15-9-5-3-7-13(15)14-8-4-6-10-16(14)17/h3-10,17-19H,2,11-12H2,1H3,(H,27,29)(H,28,32)(H,30,31)/t18-,19?/m1/s1. The van der Waals surface area contributed by atoms with E-state index < -0.39 is 42.7 Å². The molecule has 0 aromatic heterocycles. The number of alkyl carbamates (subject to hydrolysis) is 1. The van der Waals surface area contributed by atoms with Gasteiger partial charge in [0.15, 0.2) is 0 Å². The summed E-state index contributed by atoms with van der Waals surface area (Å²) in [5.41, 5.74) is 3.74. The number of ether oxygens (including phenoxy) is 1. The fourth-order valence-corrected chi connectivity index (χ4v) is 3.81. The van der Waals surface area contributed by atoms with E-state index in [1.54, 1.807) is 5.32 Å². The number of carbonyl (C=O) groups excluding carboxylic acids is 2. The molecule has 10 heteroatoms. The maximum absolute atomic E-state index is 13.4. The Morgan fingerprint density at radius 3 is 2.03 bits per heavy atom. The number of hydrogen-bond donors (Lipinski definition) is 3. The summed E-state index contributed by atoms with van der Waals surface area (Å²) in [5, 5.41) is 12.6. The number of nitrogens with one attached hydrogen (secondary N) is 2. The Bertz CT molecular complexity index is 995. The number of carboxylic acid groups (broad SMARTS) is 1. The van der Waals surface area contributed by atoms with Crippen LogP contribution in [0.4, 0.5) is 18.0 Å². The Labute approximate surface area is 187 Å². The minimum Gasteiger partial charge on any atom is -0.480 e. The van der Waals surface area contributed by atoms with Crippen LogP contribution in [0.2, 0.25) is 0 Å². The quantitative estimate of drug-likeness (QED) is 0.551. The first-order valence-electron chi connectivity index (χ1n) is 10.3. The van der Waals surface area contributed by atoms with E-state index in [1.807, 2.05) is 53.8 Å². The molecular formula is C23H23F3N2O5. The fraction of sp³-hybridized carbons (Fsp3) is 0.348. The minimum atomic E-state index is -4.94. The van der Waals surface area contributed by atoms with Crippen molar-refractivity contribution in [1.82, 2.24) is 10.6 Å². The van der Waals surface area contributed by atoms with Crippen LogP contribution in [-0.4, -0.2) is 47.9 Å². The number of carbonyl (C=O) groups is 3. The summed E-state index contributed by atoms with van der Waals surface area (Å²) in [6.07, 6.45) is -7.43. The number of carboxylic acids is 1. The molecule has 2 atom stereocenters. The van der Waals surface area contributed by atoms with E-state index in [0.29, 0.717) is 0 Å². The Kier molecular flexibility index (Phi) is 7.25. The van der Waals surface area contributed by atoms with Crippen molar-refractivity contribution in [2.75, 3.05) is 6.61 Å². The van der Waals surface area contributed by atoms with Gasteiger partial charge in [0, 0.05) is 5.92 Å². The Balaban J connectivity index is 1.65. The van der Waals surface area contributed by atoms with Crippen LogP contribution >= 0.6 is 0 Å². The number of benzene rings is 2. The van der Waals surface area contributed by atoms with Crippen molar-refractivity contribution in [2.45, 2.75) is 43.9 Å². The average molecular weight is 464 g/mol. The molecule has 7 nitrogen and oxygen atoms in total. The molecule has 3 rings (SSSR count). The second kappa shape index (κ2) is 9.93. The van der Waals surface area contributed by atoms with Crippen molar-refractivity contribution in [3.63, 3.8) is 0 Å². The summed E-state index contributed by atoms with van der Waals surface area (Å²) < 4.78 is 45.3. The van der Waals surface area contributed by atoms with Gasteiger partial charge in [0.25, 0.3) is 0 Å². The first-order valence-corrected chi connectivity index (χ1v) is 10.3. The molecule has 0 radical (unpaired) electrons. The van der Waals surface area contributed by atoms with Crippen LogP contribution in [0, 0.1) is 0 Å². The van der Waals surface area contributed by atoms with Gasteiger partial charge in [0.1, 0.15) is 18.7 Å². The van der Waals surface area contributed by atoms with Crippen molar-refractivity contribution in [1.29, 1.82) is 0 Å². The second-order valence-electron chi connectivity index (χ2n) is 7.63. The zero-order valence-electron chi connectivity index (χ0n) is 17.7. The summed E-state index contributed by atoms with van der Waals surface area (Å²) in [4.78, 5) is 35.1. The minimum absolute atomic E-state index is 0.00242. The largest absolute Gasteiger partial charge is 0.480 e. The third kappa shape index (κ3) is 5.63. The van der Waals surface area contributed by atoms with Crippen LogP contribution in [0.5, 0.6) is 0 Å². The summed E-state index contributed by atoms with van der Waals surface area (Å²) in [5.74, 6) is -2.85. The van der Waals surface area contributed by atoms with E-state index in [0.717, 1.165) is 22.3 Å².